The normalized spacial score (nSPS) is 11.6. The summed E-state index contributed by atoms with van der Waals surface area (Å²) < 4.78 is 4.36. The third-order valence-electron chi connectivity index (χ3n) is 2.58. The molecule has 0 aliphatic heterocycles. The van der Waals surface area contributed by atoms with Crippen molar-refractivity contribution < 1.29 is 14.3 Å². The van der Waals surface area contributed by atoms with Crippen LogP contribution in [0.4, 0.5) is 10.5 Å². The average Bonchev–Trinajstić information content (AvgIpc) is 2.36. The van der Waals surface area contributed by atoms with Crippen molar-refractivity contribution in [2.24, 2.45) is 0 Å². The van der Waals surface area contributed by atoms with Gasteiger partial charge in [0.25, 0.3) is 0 Å². The topological polar surface area (TPSA) is 67.4 Å². The summed E-state index contributed by atoms with van der Waals surface area (Å²) >= 11 is 11.8. The molecule has 1 rings (SSSR count). The third-order valence-corrected chi connectivity index (χ3v) is 3.02. The zero-order chi connectivity index (χ0) is 15.1. The molecule has 2 N–H and O–H groups in total. The van der Waals surface area contributed by atoms with Crippen LogP contribution >= 0.6 is 23.2 Å². The number of ether oxygens (including phenoxy) is 1. The predicted molar refractivity (Wildman–Crippen MR) is 79.3 cm³/mol. The second-order valence-electron chi connectivity index (χ2n) is 4.15. The molecule has 7 heteroatoms. The van der Waals surface area contributed by atoms with Gasteiger partial charge < -0.3 is 10.1 Å². The lowest BCUT2D eigenvalue weighted by molar-refractivity contribution is -0.120. The van der Waals surface area contributed by atoms with Gasteiger partial charge in [-0.25, -0.2) is 4.79 Å². The Morgan fingerprint density at radius 3 is 2.35 bits per heavy atom. The van der Waals surface area contributed by atoms with Gasteiger partial charge in [-0.1, -0.05) is 30.1 Å². The van der Waals surface area contributed by atoms with E-state index in [1.165, 1.54) is 7.11 Å². The van der Waals surface area contributed by atoms with Gasteiger partial charge in [-0.3, -0.25) is 10.1 Å². The summed E-state index contributed by atoms with van der Waals surface area (Å²) in [5, 5.41) is 6.28. The molecule has 0 spiro atoms. The van der Waals surface area contributed by atoms with E-state index in [1.54, 1.807) is 18.2 Å². The van der Waals surface area contributed by atoms with Crippen LogP contribution in [-0.4, -0.2) is 25.2 Å². The number of carbonyl (C=O) groups is 2. The number of benzene rings is 1. The molecule has 0 unspecified atom stereocenters. The summed E-state index contributed by atoms with van der Waals surface area (Å²) in [6, 6.07) is 4.91. The van der Waals surface area contributed by atoms with Crippen LogP contribution in [0.3, 0.4) is 0 Å². The molecular weight excluding hydrogens is 303 g/mol. The highest BCUT2D eigenvalue weighted by molar-refractivity contribution is 6.35. The lowest BCUT2D eigenvalue weighted by Gasteiger charge is -2.18. The molecule has 0 heterocycles. The Bertz CT molecular complexity index is 474. The SMILES string of the molecule is CC[C@@H](CC(=O)NC(=O)OC)Nc1cc(Cl)cc(Cl)c1. The number of imide groups is 1. The van der Waals surface area contributed by atoms with Gasteiger partial charge in [0.15, 0.2) is 0 Å². The summed E-state index contributed by atoms with van der Waals surface area (Å²) in [6.45, 7) is 1.93. The number of halogens is 2. The molecule has 20 heavy (non-hydrogen) atoms. The van der Waals surface area contributed by atoms with Crippen molar-refractivity contribution in [3.63, 3.8) is 0 Å². The average molecular weight is 319 g/mol. The maximum atomic E-state index is 11.6. The highest BCUT2D eigenvalue weighted by Crippen LogP contribution is 2.23. The van der Waals surface area contributed by atoms with Crippen molar-refractivity contribution in [2.45, 2.75) is 25.8 Å². The van der Waals surface area contributed by atoms with E-state index in [4.69, 9.17) is 23.2 Å². The molecule has 0 saturated carbocycles. The molecule has 110 valence electrons. The van der Waals surface area contributed by atoms with Crippen molar-refractivity contribution in [3.05, 3.63) is 28.2 Å². The molecule has 0 aromatic heterocycles. The second kappa shape index (κ2) is 7.97. The van der Waals surface area contributed by atoms with Gasteiger partial charge >= 0.3 is 6.09 Å². The van der Waals surface area contributed by atoms with Crippen LogP contribution in [0.1, 0.15) is 19.8 Å². The minimum absolute atomic E-state index is 0.135. The molecule has 0 aliphatic rings. The Hall–Kier alpha value is -1.46. The first-order chi connectivity index (χ1) is 9.44. The zero-order valence-electron chi connectivity index (χ0n) is 11.2. The molecule has 2 amide bonds. The minimum atomic E-state index is -0.768. The van der Waals surface area contributed by atoms with Crippen LogP contribution in [0, 0.1) is 0 Å². The third kappa shape index (κ3) is 5.67. The second-order valence-corrected chi connectivity index (χ2v) is 5.02. The first-order valence-electron chi connectivity index (χ1n) is 6.05. The van der Waals surface area contributed by atoms with Gasteiger partial charge in [-0.2, -0.15) is 0 Å². The van der Waals surface area contributed by atoms with Crippen LogP contribution in [0.2, 0.25) is 10.0 Å². The van der Waals surface area contributed by atoms with E-state index in [1.807, 2.05) is 6.92 Å². The number of rotatable bonds is 5. The smallest absolute Gasteiger partial charge is 0.413 e. The van der Waals surface area contributed by atoms with Crippen molar-refractivity contribution in [1.82, 2.24) is 5.32 Å². The highest BCUT2D eigenvalue weighted by Gasteiger charge is 2.14. The van der Waals surface area contributed by atoms with E-state index in [9.17, 15) is 9.59 Å². The number of methoxy groups -OCH3 is 1. The first-order valence-corrected chi connectivity index (χ1v) is 6.80. The number of carbonyl (C=O) groups excluding carboxylic acids is 2. The van der Waals surface area contributed by atoms with E-state index in [0.717, 1.165) is 5.69 Å². The van der Waals surface area contributed by atoms with Gasteiger partial charge in [0.05, 0.1) is 7.11 Å². The summed E-state index contributed by atoms with van der Waals surface area (Å²) in [4.78, 5) is 22.5. The summed E-state index contributed by atoms with van der Waals surface area (Å²) in [7, 11) is 1.20. The molecule has 1 aromatic carbocycles. The van der Waals surface area contributed by atoms with Crippen molar-refractivity contribution in [1.29, 1.82) is 0 Å². The molecule has 0 aliphatic carbocycles. The molecular formula is C13H16Cl2N2O3. The molecule has 1 atom stereocenters. The Morgan fingerprint density at radius 2 is 1.85 bits per heavy atom. The van der Waals surface area contributed by atoms with Crippen molar-refractivity contribution >= 4 is 40.9 Å². The number of nitrogens with one attached hydrogen (secondary N) is 2. The Morgan fingerprint density at radius 1 is 1.25 bits per heavy atom. The largest absolute Gasteiger partial charge is 0.453 e. The van der Waals surface area contributed by atoms with Gasteiger partial charge in [0.1, 0.15) is 0 Å². The molecule has 0 fully saturated rings. The molecule has 5 nitrogen and oxygen atoms in total. The van der Waals surface area contributed by atoms with Crippen LogP contribution in [-0.2, 0) is 9.53 Å². The monoisotopic (exact) mass is 318 g/mol. The first kappa shape index (κ1) is 16.6. The molecule has 0 radical (unpaired) electrons. The fourth-order valence-corrected chi connectivity index (χ4v) is 2.14. The van der Waals surface area contributed by atoms with Gasteiger partial charge in [0, 0.05) is 28.2 Å². The summed E-state index contributed by atoms with van der Waals surface area (Å²) in [5.41, 5.74) is 0.722. The Kier molecular flexibility index (Phi) is 6.61. The van der Waals surface area contributed by atoms with Gasteiger partial charge in [-0.05, 0) is 24.6 Å². The summed E-state index contributed by atoms with van der Waals surface area (Å²) in [6.07, 6.45) is 0.0599. The lowest BCUT2D eigenvalue weighted by Crippen LogP contribution is -2.34. The highest BCUT2D eigenvalue weighted by atomic mass is 35.5. The van der Waals surface area contributed by atoms with Crippen LogP contribution in [0.15, 0.2) is 18.2 Å². The van der Waals surface area contributed by atoms with Crippen LogP contribution in [0.5, 0.6) is 0 Å². The zero-order valence-corrected chi connectivity index (χ0v) is 12.7. The predicted octanol–water partition coefficient (Wildman–Crippen LogP) is 3.46. The molecule has 1 aromatic rings. The van der Waals surface area contributed by atoms with E-state index in [2.05, 4.69) is 15.4 Å². The van der Waals surface area contributed by atoms with Crippen molar-refractivity contribution in [3.8, 4) is 0 Å². The van der Waals surface area contributed by atoms with Crippen LogP contribution in [0.25, 0.3) is 0 Å². The number of amides is 2. The van der Waals surface area contributed by atoms with Gasteiger partial charge in [0.2, 0.25) is 5.91 Å². The number of anilines is 1. The Labute approximate surface area is 127 Å². The summed E-state index contributed by atoms with van der Waals surface area (Å²) in [5.74, 6) is -0.413. The fourth-order valence-electron chi connectivity index (χ4n) is 1.61. The van der Waals surface area contributed by atoms with Crippen molar-refractivity contribution in [2.75, 3.05) is 12.4 Å². The molecule has 0 bridgehead atoms. The lowest BCUT2D eigenvalue weighted by atomic mass is 10.1. The van der Waals surface area contributed by atoms with E-state index in [-0.39, 0.29) is 12.5 Å². The molecule has 0 saturated heterocycles. The van der Waals surface area contributed by atoms with Gasteiger partial charge in [-0.15, -0.1) is 0 Å². The minimum Gasteiger partial charge on any atom is -0.453 e. The number of alkyl carbamates (subject to hydrolysis) is 1. The van der Waals surface area contributed by atoms with E-state index in [0.29, 0.717) is 16.5 Å². The van der Waals surface area contributed by atoms with Crippen LogP contribution < -0.4 is 10.6 Å². The Balaban J connectivity index is 2.62. The maximum Gasteiger partial charge on any atom is 0.413 e. The van der Waals surface area contributed by atoms with E-state index >= 15 is 0 Å². The number of hydrogen-bond acceptors (Lipinski definition) is 4. The fraction of sp³-hybridized carbons (Fsp3) is 0.385. The number of hydrogen-bond donors (Lipinski definition) is 2. The quantitative estimate of drug-likeness (QED) is 0.872. The maximum absolute atomic E-state index is 11.6. The standard InChI is InChI=1S/C13H16Cl2N2O3/c1-3-10(7-12(18)17-13(19)20-2)16-11-5-8(14)4-9(15)6-11/h4-6,10,16H,3,7H2,1-2H3,(H,17,18,19)/t10-/m0/s1. The van der Waals surface area contributed by atoms with E-state index < -0.39 is 12.0 Å².